The molecule has 0 radical (unpaired) electrons. The van der Waals surface area contributed by atoms with E-state index in [9.17, 15) is 4.79 Å². The zero-order valence-electron chi connectivity index (χ0n) is 14.8. The third-order valence-electron chi connectivity index (χ3n) is 4.73. The maximum atomic E-state index is 12.6. The summed E-state index contributed by atoms with van der Waals surface area (Å²) in [6.07, 6.45) is 1.87. The molecule has 0 unspecified atom stereocenters. The van der Waals surface area contributed by atoms with E-state index in [0.29, 0.717) is 6.54 Å². The van der Waals surface area contributed by atoms with Gasteiger partial charge in [-0.25, -0.2) is 9.78 Å². The first-order valence-electron chi connectivity index (χ1n) is 8.95. The van der Waals surface area contributed by atoms with Gasteiger partial charge in [0.1, 0.15) is 0 Å². The normalized spacial score (nSPS) is 20.6. The Kier molecular flexibility index (Phi) is 5.07. The molecule has 2 saturated heterocycles. The van der Waals surface area contributed by atoms with Crippen LogP contribution in [0.2, 0.25) is 0 Å². The van der Waals surface area contributed by atoms with E-state index in [2.05, 4.69) is 20.4 Å². The molecule has 2 aliphatic heterocycles. The molecule has 2 aromatic heterocycles. The highest BCUT2D eigenvalue weighted by atomic mass is 32.1. The summed E-state index contributed by atoms with van der Waals surface area (Å²) in [6.45, 7) is 6.26. The van der Waals surface area contributed by atoms with Crippen molar-refractivity contribution in [3.05, 3.63) is 28.6 Å². The van der Waals surface area contributed by atoms with Gasteiger partial charge in [0.05, 0.1) is 37.2 Å². The number of aryl methyl sites for hydroxylation is 1. The average Bonchev–Trinajstić information content (AvgIpc) is 3.40. The number of thiazole rings is 1. The van der Waals surface area contributed by atoms with Gasteiger partial charge in [-0.05, 0) is 19.8 Å². The minimum atomic E-state index is -0.0810. The topological polar surface area (TPSA) is 83.7 Å². The molecule has 9 heteroatoms. The molecule has 0 bridgehead atoms. The van der Waals surface area contributed by atoms with Crippen LogP contribution in [-0.4, -0.2) is 53.9 Å². The number of amides is 2. The van der Waals surface area contributed by atoms with Gasteiger partial charge in [-0.15, -0.1) is 11.3 Å². The van der Waals surface area contributed by atoms with E-state index in [-0.39, 0.29) is 12.1 Å². The predicted molar refractivity (Wildman–Crippen MR) is 97.3 cm³/mol. The van der Waals surface area contributed by atoms with Crippen molar-refractivity contribution in [2.45, 2.75) is 32.4 Å². The summed E-state index contributed by atoms with van der Waals surface area (Å²) in [7, 11) is 0. The van der Waals surface area contributed by atoms with E-state index in [4.69, 9.17) is 9.26 Å². The van der Waals surface area contributed by atoms with Crippen molar-refractivity contribution < 1.29 is 14.1 Å². The van der Waals surface area contributed by atoms with Crippen molar-refractivity contribution in [1.29, 1.82) is 0 Å². The maximum Gasteiger partial charge on any atom is 0.318 e. The molecule has 2 amide bonds. The van der Waals surface area contributed by atoms with Crippen LogP contribution in [0, 0.1) is 6.92 Å². The molecule has 140 valence electrons. The number of nitrogens with one attached hydrogen (secondary N) is 1. The zero-order valence-corrected chi connectivity index (χ0v) is 15.6. The lowest BCUT2D eigenvalue weighted by Crippen LogP contribution is -2.39. The molecule has 4 rings (SSSR count). The zero-order chi connectivity index (χ0) is 17.9. The Labute approximate surface area is 156 Å². The molecule has 0 spiro atoms. The molecular formula is C17H23N5O3S. The van der Waals surface area contributed by atoms with E-state index in [1.807, 2.05) is 23.3 Å². The van der Waals surface area contributed by atoms with Crippen LogP contribution in [0.15, 0.2) is 16.0 Å². The number of carbonyl (C=O) groups excluding carboxylic acids is 1. The third-order valence-corrected chi connectivity index (χ3v) is 5.68. The highest BCUT2D eigenvalue weighted by Gasteiger charge is 2.32. The van der Waals surface area contributed by atoms with Crippen molar-refractivity contribution in [1.82, 2.24) is 20.4 Å². The second-order valence-corrected chi connectivity index (χ2v) is 7.44. The van der Waals surface area contributed by atoms with Crippen LogP contribution in [-0.2, 0) is 11.3 Å². The van der Waals surface area contributed by atoms with Gasteiger partial charge < -0.3 is 24.4 Å². The smallest absolute Gasteiger partial charge is 0.318 e. The van der Waals surface area contributed by atoms with Crippen LogP contribution >= 0.6 is 11.3 Å². The van der Waals surface area contributed by atoms with Gasteiger partial charge in [0.2, 0.25) is 0 Å². The first-order chi connectivity index (χ1) is 12.7. The van der Waals surface area contributed by atoms with E-state index in [1.54, 1.807) is 11.3 Å². The number of hydrogen-bond acceptors (Lipinski definition) is 7. The van der Waals surface area contributed by atoms with E-state index in [0.717, 1.165) is 68.0 Å². The SMILES string of the molecule is Cc1cc([C@@H]2CCCN2C(=O)NCc2csc(N3CCOCC3)n2)on1. The lowest BCUT2D eigenvalue weighted by molar-refractivity contribution is 0.122. The number of hydrogen-bond donors (Lipinski definition) is 1. The number of likely N-dealkylation sites (tertiary alicyclic amines) is 1. The van der Waals surface area contributed by atoms with Gasteiger partial charge in [-0.3, -0.25) is 0 Å². The first kappa shape index (κ1) is 17.3. The monoisotopic (exact) mass is 377 g/mol. The third kappa shape index (κ3) is 3.68. The molecule has 4 heterocycles. The Morgan fingerprint density at radius 1 is 1.38 bits per heavy atom. The second-order valence-electron chi connectivity index (χ2n) is 6.60. The average molecular weight is 377 g/mol. The van der Waals surface area contributed by atoms with Crippen molar-refractivity contribution in [3.63, 3.8) is 0 Å². The quantitative estimate of drug-likeness (QED) is 0.880. The molecule has 2 aliphatic rings. The summed E-state index contributed by atoms with van der Waals surface area (Å²) in [5, 5.41) is 9.93. The van der Waals surface area contributed by atoms with Crippen LogP contribution in [0.4, 0.5) is 9.93 Å². The van der Waals surface area contributed by atoms with Crippen molar-refractivity contribution >= 4 is 22.5 Å². The van der Waals surface area contributed by atoms with Crippen LogP contribution in [0.25, 0.3) is 0 Å². The van der Waals surface area contributed by atoms with Gasteiger partial charge in [0.15, 0.2) is 10.9 Å². The van der Waals surface area contributed by atoms with Crippen LogP contribution in [0.5, 0.6) is 0 Å². The minimum Gasteiger partial charge on any atom is -0.378 e. The summed E-state index contributed by atoms with van der Waals surface area (Å²) in [6, 6.07) is 1.80. The van der Waals surface area contributed by atoms with Crippen molar-refractivity contribution in [2.24, 2.45) is 0 Å². The summed E-state index contributed by atoms with van der Waals surface area (Å²) >= 11 is 1.61. The fourth-order valence-electron chi connectivity index (χ4n) is 3.39. The van der Waals surface area contributed by atoms with Gasteiger partial charge in [-0.1, -0.05) is 5.16 Å². The summed E-state index contributed by atoms with van der Waals surface area (Å²) in [5.74, 6) is 0.762. The number of anilines is 1. The molecule has 1 N–H and O–H groups in total. The fourth-order valence-corrected chi connectivity index (χ4v) is 4.27. The number of rotatable bonds is 4. The Hall–Kier alpha value is -2.13. The Balaban J connectivity index is 1.34. The van der Waals surface area contributed by atoms with Gasteiger partial charge in [-0.2, -0.15) is 0 Å². The molecule has 1 atom stereocenters. The Morgan fingerprint density at radius 2 is 2.23 bits per heavy atom. The van der Waals surface area contributed by atoms with Crippen LogP contribution in [0.3, 0.4) is 0 Å². The number of aromatic nitrogens is 2. The highest BCUT2D eigenvalue weighted by Crippen LogP contribution is 2.32. The highest BCUT2D eigenvalue weighted by molar-refractivity contribution is 7.13. The van der Waals surface area contributed by atoms with E-state index < -0.39 is 0 Å². The van der Waals surface area contributed by atoms with Crippen molar-refractivity contribution in [3.8, 4) is 0 Å². The van der Waals surface area contributed by atoms with Crippen LogP contribution < -0.4 is 10.2 Å². The molecule has 2 aromatic rings. The molecular weight excluding hydrogens is 354 g/mol. The second kappa shape index (κ2) is 7.63. The standard InChI is InChI=1S/C17H23N5O3S/c1-12-9-15(25-20-12)14-3-2-4-22(14)16(23)18-10-13-11-26-17(19-13)21-5-7-24-8-6-21/h9,11,14H,2-8,10H2,1H3,(H,18,23)/t14-/m0/s1. The van der Waals surface area contributed by atoms with E-state index in [1.165, 1.54) is 0 Å². The van der Waals surface area contributed by atoms with Crippen LogP contribution in [0.1, 0.15) is 36.0 Å². The molecule has 2 fully saturated rings. The maximum absolute atomic E-state index is 12.6. The van der Waals surface area contributed by atoms with E-state index >= 15 is 0 Å². The molecule has 0 aliphatic carbocycles. The van der Waals surface area contributed by atoms with Gasteiger partial charge in [0, 0.05) is 31.1 Å². The van der Waals surface area contributed by atoms with Gasteiger partial charge in [0.25, 0.3) is 0 Å². The Morgan fingerprint density at radius 3 is 3.00 bits per heavy atom. The summed E-state index contributed by atoms with van der Waals surface area (Å²) in [5.41, 5.74) is 1.72. The predicted octanol–water partition coefficient (Wildman–Crippen LogP) is 2.32. The van der Waals surface area contributed by atoms with Crippen molar-refractivity contribution in [2.75, 3.05) is 37.7 Å². The Bertz CT molecular complexity index is 755. The number of carbonyl (C=O) groups is 1. The number of morpholine rings is 1. The number of nitrogens with zero attached hydrogens (tertiary/aromatic N) is 4. The molecule has 8 nitrogen and oxygen atoms in total. The van der Waals surface area contributed by atoms with Gasteiger partial charge >= 0.3 is 6.03 Å². The molecule has 0 saturated carbocycles. The summed E-state index contributed by atoms with van der Waals surface area (Å²) in [4.78, 5) is 21.3. The number of ether oxygens (including phenoxy) is 1. The largest absolute Gasteiger partial charge is 0.378 e. The fraction of sp³-hybridized carbons (Fsp3) is 0.588. The molecule has 0 aromatic carbocycles. The first-order valence-corrected chi connectivity index (χ1v) is 9.83. The lowest BCUT2D eigenvalue weighted by Gasteiger charge is -2.26. The summed E-state index contributed by atoms with van der Waals surface area (Å²) < 4.78 is 10.7. The lowest BCUT2D eigenvalue weighted by atomic mass is 10.1. The molecule has 26 heavy (non-hydrogen) atoms. The minimum absolute atomic E-state index is 0.0319. The number of urea groups is 1.